The molecule has 1 atom stereocenters. The third-order valence-electron chi connectivity index (χ3n) is 2.78. The van der Waals surface area contributed by atoms with Gasteiger partial charge in [-0.3, -0.25) is 4.79 Å². The summed E-state index contributed by atoms with van der Waals surface area (Å²) in [7, 11) is 1.28. The maximum atomic E-state index is 13.2. The zero-order valence-electron chi connectivity index (χ0n) is 9.89. The predicted octanol–water partition coefficient (Wildman–Crippen LogP) is 1.97. The van der Waals surface area contributed by atoms with Gasteiger partial charge in [-0.25, -0.2) is 9.18 Å². The Hall–Kier alpha value is -1.91. The number of carbonyl (C=O) groups excluding carboxylic acids is 2. The molecule has 0 amide bonds. The zero-order valence-corrected chi connectivity index (χ0v) is 9.89. The molecule has 4 nitrogen and oxygen atoms in total. The van der Waals surface area contributed by atoms with Crippen molar-refractivity contribution in [2.45, 2.75) is 18.9 Å². The molecule has 1 saturated carbocycles. The van der Waals surface area contributed by atoms with Gasteiger partial charge in [-0.15, -0.1) is 0 Å². The summed E-state index contributed by atoms with van der Waals surface area (Å²) in [4.78, 5) is 22.1. The van der Waals surface area contributed by atoms with Gasteiger partial charge in [0.2, 0.25) is 0 Å². The van der Waals surface area contributed by atoms with Gasteiger partial charge in [0, 0.05) is 17.5 Å². The van der Waals surface area contributed by atoms with E-state index in [1.807, 2.05) is 0 Å². The fourth-order valence-electron chi connectivity index (χ4n) is 1.72. The van der Waals surface area contributed by atoms with E-state index in [4.69, 9.17) is 4.74 Å². The molecular weight excluding hydrogens is 239 g/mol. The van der Waals surface area contributed by atoms with Crippen molar-refractivity contribution in [2.75, 3.05) is 7.11 Å². The lowest BCUT2D eigenvalue weighted by Gasteiger charge is -2.16. The lowest BCUT2D eigenvalue weighted by Crippen LogP contribution is -2.30. The second kappa shape index (κ2) is 5.16. The summed E-state index contributed by atoms with van der Waals surface area (Å²) in [6.45, 7) is 0. The maximum absolute atomic E-state index is 13.2. The minimum absolute atomic E-state index is 0.111. The molecule has 1 unspecified atom stereocenters. The Bertz CT molecular complexity index is 468. The Kier molecular flexibility index (Phi) is 3.60. The van der Waals surface area contributed by atoms with Gasteiger partial charge in [0.1, 0.15) is 17.9 Å². The zero-order chi connectivity index (χ0) is 13.1. The molecule has 0 radical (unpaired) electrons. The minimum Gasteiger partial charge on any atom is -0.478 e. The van der Waals surface area contributed by atoms with Crippen LogP contribution in [-0.4, -0.2) is 25.5 Å². The van der Waals surface area contributed by atoms with Gasteiger partial charge in [-0.2, -0.15) is 0 Å². The number of halogens is 1. The second-order valence-corrected chi connectivity index (χ2v) is 4.24. The van der Waals surface area contributed by atoms with Gasteiger partial charge < -0.3 is 9.47 Å². The molecule has 18 heavy (non-hydrogen) atoms. The minimum atomic E-state index is -0.726. The summed E-state index contributed by atoms with van der Waals surface area (Å²) < 4.78 is 23.3. The van der Waals surface area contributed by atoms with Crippen LogP contribution in [0.5, 0.6) is 5.75 Å². The van der Waals surface area contributed by atoms with Crippen molar-refractivity contribution in [3.8, 4) is 5.75 Å². The van der Waals surface area contributed by atoms with E-state index < -0.39 is 17.9 Å². The van der Waals surface area contributed by atoms with Gasteiger partial charge in [0.15, 0.2) is 6.10 Å². The summed E-state index contributed by atoms with van der Waals surface area (Å²) in [5.74, 6) is -0.775. The van der Waals surface area contributed by atoms with E-state index in [9.17, 15) is 14.0 Å². The number of esters is 1. The Labute approximate surface area is 104 Å². The topological polar surface area (TPSA) is 52.6 Å². The average molecular weight is 252 g/mol. The fourth-order valence-corrected chi connectivity index (χ4v) is 1.72. The normalized spacial score (nSPS) is 15.9. The third-order valence-corrected chi connectivity index (χ3v) is 2.78. The number of ether oxygens (including phenoxy) is 2. The second-order valence-electron chi connectivity index (χ2n) is 4.24. The number of hydrogen-bond donors (Lipinski definition) is 0. The number of methoxy groups -OCH3 is 1. The molecule has 0 aromatic heterocycles. The van der Waals surface area contributed by atoms with E-state index in [0.717, 1.165) is 25.0 Å². The molecule has 1 aliphatic carbocycles. The first-order valence-electron chi connectivity index (χ1n) is 5.64. The number of rotatable bonds is 5. The van der Waals surface area contributed by atoms with Crippen LogP contribution in [0.2, 0.25) is 0 Å². The molecule has 1 fully saturated rings. The van der Waals surface area contributed by atoms with E-state index in [0.29, 0.717) is 6.29 Å². The molecular formula is C13H13FO4. The van der Waals surface area contributed by atoms with Crippen LogP contribution >= 0.6 is 0 Å². The van der Waals surface area contributed by atoms with Gasteiger partial charge >= 0.3 is 5.97 Å². The van der Waals surface area contributed by atoms with Crippen LogP contribution < -0.4 is 4.74 Å². The first-order valence-corrected chi connectivity index (χ1v) is 5.64. The molecule has 0 N–H and O–H groups in total. The Balaban J connectivity index is 2.17. The van der Waals surface area contributed by atoms with Crippen LogP contribution in [0.15, 0.2) is 18.2 Å². The third kappa shape index (κ3) is 2.85. The van der Waals surface area contributed by atoms with Crippen LogP contribution in [-0.2, 0) is 9.53 Å². The van der Waals surface area contributed by atoms with E-state index in [1.165, 1.54) is 13.2 Å². The smallest absolute Gasteiger partial charge is 0.347 e. The monoisotopic (exact) mass is 252 g/mol. The summed E-state index contributed by atoms with van der Waals surface area (Å²) in [5.41, 5.74) is 0.171. The Morgan fingerprint density at radius 2 is 2.17 bits per heavy atom. The van der Waals surface area contributed by atoms with Crippen molar-refractivity contribution in [1.29, 1.82) is 0 Å². The van der Waals surface area contributed by atoms with Crippen molar-refractivity contribution in [2.24, 2.45) is 5.92 Å². The molecule has 0 saturated heterocycles. The van der Waals surface area contributed by atoms with Crippen LogP contribution in [0.25, 0.3) is 0 Å². The maximum Gasteiger partial charge on any atom is 0.347 e. The first-order chi connectivity index (χ1) is 8.63. The first kappa shape index (κ1) is 12.5. The predicted molar refractivity (Wildman–Crippen MR) is 60.9 cm³/mol. The lowest BCUT2D eigenvalue weighted by atomic mass is 10.2. The van der Waals surface area contributed by atoms with E-state index >= 15 is 0 Å². The molecule has 0 heterocycles. The van der Waals surface area contributed by atoms with Crippen LogP contribution in [0, 0.1) is 11.7 Å². The van der Waals surface area contributed by atoms with Gasteiger partial charge in [-0.1, -0.05) is 0 Å². The van der Waals surface area contributed by atoms with Crippen molar-refractivity contribution >= 4 is 12.3 Å². The lowest BCUT2D eigenvalue weighted by molar-refractivity contribution is -0.149. The molecule has 1 aromatic rings. The van der Waals surface area contributed by atoms with E-state index in [1.54, 1.807) is 0 Å². The van der Waals surface area contributed by atoms with Crippen LogP contribution in [0.4, 0.5) is 4.39 Å². The molecule has 2 rings (SSSR count). The summed E-state index contributed by atoms with van der Waals surface area (Å²) in [6.07, 6.45) is 1.57. The van der Waals surface area contributed by atoms with Crippen LogP contribution in [0.3, 0.4) is 0 Å². The molecule has 5 heteroatoms. The molecule has 1 aromatic carbocycles. The van der Waals surface area contributed by atoms with Crippen LogP contribution in [0.1, 0.15) is 23.2 Å². The van der Waals surface area contributed by atoms with Gasteiger partial charge in [0.05, 0.1) is 7.11 Å². The Morgan fingerprint density at radius 1 is 1.44 bits per heavy atom. The highest BCUT2D eigenvalue weighted by Crippen LogP contribution is 2.35. The Morgan fingerprint density at radius 3 is 2.72 bits per heavy atom. The largest absolute Gasteiger partial charge is 0.478 e. The SMILES string of the molecule is COC(=O)C(Oc1cc(F)cc(C=O)c1)C1CC1. The highest BCUT2D eigenvalue weighted by Gasteiger charge is 2.39. The van der Waals surface area contributed by atoms with Gasteiger partial charge in [0.25, 0.3) is 0 Å². The molecule has 96 valence electrons. The number of aldehydes is 1. The highest BCUT2D eigenvalue weighted by atomic mass is 19.1. The molecule has 0 aliphatic heterocycles. The standard InChI is InChI=1S/C13H13FO4/c1-17-13(16)12(9-2-3-9)18-11-5-8(7-15)4-10(14)6-11/h4-7,9,12H,2-3H2,1H3. The van der Waals surface area contributed by atoms with Crippen molar-refractivity contribution in [3.63, 3.8) is 0 Å². The quantitative estimate of drug-likeness (QED) is 0.594. The van der Waals surface area contributed by atoms with Crippen molar-refractivity contribution in [1.82, 2.24) is 0 Å². The number of carbonyl (C=O) groups is 2. The highest BCUT2D eigenvalue weighted by molar-refractivity contribution is 5.77. The molecule has 0 spiro atoms. The molecule has 1 aliphatic rings. The van der Waals surface area contributed by atoms with Crippen molar-refractivity contribution < 1.29 is 23.5 Å². The number of hydrogen-bond acceptors (Lipinski definition) is 4. The van der Waals surface area contributed by atoms with E-state index in [-0.39, 0.29) is 17.2 Å². The van der Waals surface area contributed by atoms with Gasteiger partial charge in [-0.05, 0) is 25.0 Å². The average Bonchev–Trinajstić information content (AvgIpc) is 3.18. The summed E-state index contributed by atoms with van der Waals surface area (Å²) >= 11 is 0. The van der Waals surface area contributed by atoms with Crippen molar-refractivity contribution in [3.05, 3.63) is 29.6 Å². The summed E-state index contributed by atoms with van der Waals surface area (Å²) in [5, 5.41) is 0. The summed E-state index contributed by atoms with van der Waals surface area (Å²) in [6, 6.07) is 3.64. The number of benzene rings is 1. The fraction of sp³-hybridized carbons (Fsp3) is 0.385. The molecule has 0 bridgehead atoms. The van der Waals surface area contributed by atoms with E-state index in [2.05, 4.69) is 4.74 Å².